The van der Waals surface area contributed by atoms with Crippen LogP contribution in [0.2, 0.25) is 0 Å². The molecule has 3 nitrogen and oxygen atoms in total. The van der Waals surface area contributed by atoms with Gasteiger partial charge in [0.15, 0.2) is 0 Å². The van der Waals surface area contributed by atoms with E-state index in [0.29, 0.717) is 6.04 Å². The summed E-state index contributed by atoms with van der Waals surface area (Å²) in [7, 11) is 0. The Morgan fingerprint density at radius 2 is 2.18 bits per heavy atom. The van der Waals surface area contributed by atoms with Gasteiger partial charge in [0.05, 0.1) is 11.6 Å². The molecular weight excluding hydrogens is 210 g/mol. The molecule has 2 rings (SSSR count). The van der Waals surface area contributed by atoms with Gasteiger partial charge in [-0.2, -0.15) is 5.26 Å². The van der Waals surface area contributed by atoms with Crippen molar-refractivity contribution in [2.75, 3.05) is 24.5 Å². The molecule has 0 amide bonds. The van der Waals surface area contributed by atoms with Gasteiger partial charge in [0.25, 0.3) is 0 Å². The summed E-state index contributed by atoms with van der Waals surface area (Å²) in [6, 6.07) is 10.7. The summed E-state index contributed by atoms with van der Waals surface area (Å²) in [4.78, 5) is 2.46. The monoisotopic (exact) mass is 229 g/mol. The second-order valence-electron chi connectivity index (χ2n) is 4.50. The number of nitrogens with one attached hydrogen (secondary N) is 1. The Hall–Kier alpha value is -1.53. The lowest BCUT2D eigenvalue weighted by Gasteiger charge is -2.30. The molecule has 1 aliphatic heterocycles. The van der Waals surface area contributed by atoms with Gasteiger partial charge < -0.3 is 10.2 Å². The van der Waals surface area contributed by atoms with Gasteiger partial charge in [0.2, 0.25) is 0 Å². The van der Waals surface area contributed by atoms with Gasteiger partial charge in [-0.15, -0.1) is 0 Å². The molecule has 1 aliphatic rings. The molecule has 0 aromatic heterocycles. The van der Waals surface area contributed by atoms with Crippen LogP contribution in [0.4, 0.5) is 5.69 Å². The smallest absolute Gasteiger partial charge is 0.0991 e. The molecular formula is C14H19N3. The first-order valence-electron chi connectivity index (χ1n) is 6.32. The molecule has 0 radical (unpaired) electrons. The van der Waals surface area contributed by atoms with Crippen LogP contribution in [-0.4, -0.2) is 25.7 Å². The summed E-state index contributed by atoms with van der Waals surface area (Å²) in [5, 5.41) is 12.2. The summed E-state index contributed by atoms with van der Waals surface area (Å²) >= 11 is 0. The Morgan fingerprint density at radius 3 is 2.71 bits per heavy atom. The minimum absolute atomic E-state index is 0.600. The third-order valence-electron chi connectivity index (χ3n) is 3.27. The topological polar surface area (TPSA) is 39.1 Å². The van der Waals surface area contributed by atoms with Gasteiger partial charge in [-0.1, -0.05) is 6.92 Å². The molecule has 0 aliphatic carbocycles. The van der Waals surface area contributed by atoms with Crippen molar-refractivity contribution < 1.29 is 0 Å². The first kappa shape index (κ1) is 11.9. The van der Waals surface area contributed by atoms with Crippen molar-refractivity contribution in [1.29, 1.82) is 5.26 Å². The first-order valence-corrected chi connectivity index (χ1v) is 6.32. The fraction of sp³-hybridized carbons (Fsp3) is 0.500. The molecule has 1 saturated heterocycles. The van der Waals surface area contributed by atoms with Gasteiger partial charge in [0, 0.05) is 24.8 Å². The Kier molecular flexibility index (Phi) is 4.00. The maximum Gasteiger partial charge on any atom is 0.0991 e. The molecule has 90 valence electrons. The van der Waals surface area contributed by atoms with E-state index in [0.717, 1.165) is 31.6 Å². The van der Waals surface area contributed by atoms with Crippen LogP contribution in [0, 0.1) is 11.3 Å². The van der Waals surface area contributed by atoms with E-state index >= 15 is 0 Å². The van der Waals surface area contributed by atoms with Crippen LogP contribution in [0.5, 0.6) is 0 Å². The summed E-state index contributed by atoms with van der Waals surface area (Å²) in [6.45, 7) is 5.47. The molecule has 0 bridgehead atoms. The van der Waals surface area contributed by atoms with Crippen LogP contribution in [0.25, 0.3) is 0 Å². The molecule has 17 heavy (non-hydrogen) atoms. The fourth-order valence-corrected chi connectivity index (χ4v) is 2.40. The normalized spacial score (nSPS) is 18.9. The van der Waals surface area contributed by atoms with Crippen molar-refractivity contribution >= 4 is 5.69 Å². The van der Waals surface area contributed by atoms with Crippen molar-refractivity contribution in [3.8, 4) is 6.07 Å². The average molecular weight is 229 g/mol. The molecule has 1 aromatic rings. The summed E-state index contributed by atoms with van der Waals surface area (Å²) in [6.07, 6.45) is 2.36. The molecule has 1 atom stereocenters. The zero-order valence-electron chi connectivity index (χ0n) is 10.3. The third-order valence-corrected chi connectivity index (χ3v) is 3.27. The fourth-order valence-electron chi connectivity index (χ4n) is 2.40. The summed E-state index contributed by atoms with van der Waals surface area (Å²) < 4.78 is 0. The van der Waals surface area contributed by atoms with E-state index in [2.05, 4.69) is 35.3 Å². The molecule has 3 heteroatoms. The standard InChI is InChI=1S/C14H19N3/c1-2-9-17(14-7-8-16-11-14)13-5-3-12(10-15)4-6-13/h3-6,14,16H,2,7-9,11H2,1H3. The van der Waals surface area contributed by atoms with E-state index in [1.165, 1.54) is 12.1 Å². The summed E-state index contributed by atoms with van der Waals surface area (Å²) in [5.41, 5.74) is 1.97. The van der Waals surface area contributed by atoms with E-state index in [-0.39, 0.29) is 0 Å². The van der Waals surface area contributed by atoms with Gasteiger partial charge >= 0.3 is 0 Å². The van der Waals surface area contributed by atoms with E-state index < -0.39 is 0 Å². The zero-order valence-corrected chi connectivity index (χ0v) is 10.3. The Bertz CT molecular complexity index is 385. The number of rotatable bonds is 4. The zero-order chi connectivity index (χ0) is 12.1. The molecule has 0 spiro atoms. The van der Waals surface area contributed by atoms with E-state index in [1.807, 2.05) is 12.1 Å². The second-order valence-corrected chi connectivity index (χ2v) is 4.50. The quantitative estimate of drug-likeness (QED) is 0.859. The molecule has 0 saturated carbocycles. The molecule has 1 N–H and O–H groups in total. The number of nitrogens with zero attached hydrogens (tertiary/aromatic N) is 2. The van der Waals surface area contributed by atoms with Gasteiger partial charge in [-0.25, -0.2) is 0 Å². The highest BCUT2D eigenvalue weighted by Gasteiger charge is 2.21. The Balaban J connectivity index is 2.16. The number of anilines is 1. The van der Waals surface area contributed by atoms with Gasteiger partial charge in [-0.05, 0) is 43.7 Å². The van der Waals surface area contributed by atoms with Crippen LogP contribution in [-0.2, 0) is 0 Å². The minimum Gasteiger partial charge on any atom is -0.367 e. The highest BCUT2D eigenvalue weighted by Crippen LogP contribution is 2.21. The lowest BCUT2D eigenvalue weighted by atomic mass is 10.1. The highest BCUT2D eigenvalue weighted by molar-refractivity contribution is 5.50. The van der Waals surface area contributed by atoms with Crippen molar-refractivity contribution in [3.63, 3.8) is 0 Å². The maximum absolute atomic E-state index is 8.81. The van der Waals surface area contributed by atoms with Crippen LogP contribution in [0.15, 0.2) is 24.3 Å². The molecule has 1 heterocycles. The van der Waals surface area contributed by atoms with Gasteiger partial charge in [-0.3, -0.25) is 0 Å². The predicted octanol–water partition coefficient (Wildman–Crippen LogP) is 2.14. The number of hydrogen-bond donors (Lipinski definition) is 1. The maximum atomic E-state index is 8.81. The lowest BCUT2D eigenvalue weighted by molar-refractivity contribution is 0.625. The molecule has 1 fully saturated rings. The average Bonchev–Trinajstić information content (AvgIpc) is 2.90. The van der Waals surface area contributed by atoms with Crippen LogP contribution in [0.1, 0.15) is 25.3 Å². The van der Waals surface area contributed by atoms with Crippen LogP contribution >= 0.6 is 0 Å². The SMILES string of the molecule is CCCN(c1ccc(C#N)cc1)C1CCNC1. The van der Waals surface area contributed by atoms with Crippen molar-refractivity contribution in [3.05, 3.63) is 29.8 Å². The van der Waals surface area contributed by atoms with Crippen molar-refractivity contribution in [1.82, 2.24) is 5.32 Å². The highest BCUT2D eigenvalue weighted by atomic mass is 15.2. The Labute approximate surface area is 103 Å². The van der Waals surface area contributed by atoms with Gasteiger partial charge in [0.1, 0.15) is 0 Å². The predicted molar refractivity (Wildman–Crippen MR) is 70.1 cm³/mol. The molecule has 1 aromatic carbocycles. The van der Waals surface area contributed by atoms with Crippen LogP contribution in [0.3, 0.4) is 0 Å². The van der Waals surface area contributed by atoms with E-state index in [1.54, 1.807) is 0 Å². The summed E-state index contributed by atoms with van der Waals surface area (Å²) in [5.74, 6) is 0. The lowest BCUT2D eigenvalue weighted by Crippen LogP contribution is -2.37. The van der Waals surface area contributed by atoms with Crippen LogP contribution < -0.4 is 10.2 Å². The van der Waals surface area contributed by atoms with E-state index in [4.69, 9.17) is 5.26 Å². The third kappa shape index (κ3) is 2.78. The second kappa shape index (κ2) is 5.70. The minimum atomic E-state index is 0.600. The largest absolute Gasteiger partial charge is 0.367 e. The first-order chi connectivity index (χ1) is 8.35. The number of hydrogen-bond acceptors (Lipinski definition) is 3. The molecule has 1 unspecified atom stereocenters. The van der Waals surface area contributed by atoms with Crippen molar-refractivity contribution in [2.24, 2.45) is 0 Å². The Morgan fingerprint density at radius 1 is 1.41 bits per heavy atom. The van der Waals surface area contributed by atoms with E-state index in [9.17, 15) is 0 Å². The number of benzene rings is 1. The number of nitriles is 1. The van der Waals surface area contributed by atoms with Crippen molar-refractivity contribution in [2.45, 2.75) is 25.8 Å².